The largest absolute Gasteiger partial charge is 0.453 e. The number of benzene rings is 1. The molecule has 0 aromatic heterocycles. The Bertz CT molecular complexity index is 717. The minimum atomic E-state index is 0.478. The highest BCUT2D eigenvalue weighted by atomic mass is 16.5. The Morgan fingerprint density at radius 2 is 2.15 bits per heavy atom. The van der Waals surface area contributed by atoms with E-state index < -0.39 is 0 Å². The van der Waals surface area contributed by atoms with Crippen LogP contribution in [0.3, 0.4) is 0 Å². The Kier molecular flexibility index (Phi) is 6.20. The molecule has 2 aliphatic rings. The Morgan fingerprint density at radius 3 is 2.88 bits per heavy atom. The molecule has 2 aliphatic heterocycles. The van der Waals surface area contributed by atoms with Crippen LogP contribution in [0, 0.1) is 6.92 Å². The number of aryl methyl sites for hydroxylation is 1. The smallest absolute Gasteiger partial charge is 0.151 e. The zero-order valence-electron chi connectivity index (χ0n) is 16.6. The van der Waals surface area contributed by atoms with Crippen molar-refractivity contribution in [1.29, 1.82) is 0 Å². The number of ether oxygens (including phenoxy) is 1. The van der Waals surface area contributed by atoms with Crippen LogP contribution in [0.1, 0.15) is 52.0 Å². The molecule has 0 aliphatic carbocycles. The second-order valence-electron chi connectivity index (χ2n) is 7.26. The monoisotopic (exact) mass is 352 g/mol. The van der Waals surface area contributed by atoms with E-state index in [2.05, 4.69) is 80.4 Å². The van der Waals surface area contributed by atoms with Crippen molar-refractivity contribution in [1.82, 2.24) is 5.32 Å². The Hall–Kier alpha value is -2.00. The third kappa shape index (κ3) is 3.88. The fourth-order valence-corrected chi connectivity index (χ4v) is 3.99. The van der Waals surface area contributed by atoms with E-state index in [1.165, 1.54) is 36.2 Å². The molecule has 0 radical (unpaired) electrons. The molecule has 3 nitrogen and oxygen atoms in total. The van der Waals surface area contributed by atoms with E-state index >= 15 is 0 Å². The summed E-state index contributed by atoms with van der Waals surface area (Å²) < 4.78 is 6.28. The molecule has 0 spiro atoms. The van der Waals surface area contributed by atoms with Crippen molar-refractivity contribution in [3.8, 4) is 5.75 Å². The van der Waals surface area contributed by atoms with Gasteiger partial charge in [0.1, 0.15) is 5.76 Å². The number of hydrogen-bond donors (Lipinski definition) is 1. The number of allylic oxidation sites excluding steroid dienone is 4. The summed E-state index contributed by atoms with van der Waals surface area (Å²) in [5, 5.41) is 3.71. The summed E-state index contributed by atoms with van der Waals surface area (Å²) in [6.45, 7) is 9.63. The quantitative estimate of drug-likeness (QED) is 0.780. The molecule has 0 saturated carbocycles. The minimum Gasteiger partial charge on any atom is -0.453 e. The SMILES string of the molecule is C\C=C/C=C1\C(=C/C)Oc2cc(C)ccc2N1C1CCCNC(CC)C1. The molecule has 0 amide bonds. The maximum Gasteiger partial charge on any atom is 0.151 e. The summed E-state index contributed by atoms with van der Waals surface area (Å²) in [5.74, 6) is 1.92. The number of nitrogens with zero attached hydrogens (tertiary/aromatic N) is 1. The summed E-state index contributed by atoms with van der Waals surface area (Å²) in [6, 6.07) is 7.63. The van der Waals surface area contributed by atoms with Gasteiger partial charge >= 0.3 is 0 Å². The lowest BCUT2D eigenvalue weighted by molar-refractivity contribution is 0.395. The third-order valence-electron chi connectivity index (χ3n) is 5.38. The molecule has 3 rings (SSSR count). The van der Waals surface area contributed by atoms with E-state index in [-0.39, 0.29) is 0 Å². The molecular formula is C23H32N2O. The highest BCUT2D eigenvalue weighted by molar-refractivity contribution is 5.70. The van der Waals surface area contributed by atoms with Gasteiger partial charge in [-0.05, 0) is 82.8 Å². The molecule has 2 unspecified atom stereocenters. The first-order valence-electron chi connectivity index (χ1n) is 9.98. The van der Waals surface area contributed by atoms with E-state index in [1.54, 1.807) is 0 Å². The Labute approximate surface area is 158 Å². The van der Waals surface area contributed by atoms with Gasteiger partial charge in [-0.25, -0.2) is 0 Å². The first-order chi connectivity index (χ1) is 12.7. The van der Waals surface area contributed by atoms with Gasteiger partial charge in [-0.3, -0.25) is 0 Å². The number of fused-ring (bicyclic) bond motifs is 1. The molecule has 3 heteroatoms. The summed E-state index contributed by atoms with van der Waals surface area (Å²) in [5.41, 5.74) is 3.59. The van der Waals surface area contributed by atoms with Gasteiger partial charge in [0.25, 0.3) is 0 Å². The molecule has 1 saturated heterocycles. The van der Waals surface area contributed by atoms with Crippen molar-refractivity contribution in [2.45, 2.75) is 65.5 Å². The molecule has 26 heavy (non-hydrogen) atoms. The summed E-state index contributed by atoms with van der Waals surface area (Å²) in [6.07, 6.45) is 13.2. The van der Waals surface area contributed by atoms with Gasteiger partial charge < -0.3 is 15.0 Å². The van der Waals surface area contributed by atoms with Crippen LogP contribution in [0.25, 0.3) is 0 Å². The molecule has 2 atom stereocenters. The van der Waals surface area contributed by atoms with E-state index in [0.717, 1.165) is 24.5 Å². The van der Waals surface area contributed by atoms with E-state index in [4.69, 9.17) is 4.74 Å². The zero-order valence-corrected chi connectivity index (χ0v) is 16.6. The summed E-state index contributed by atoms with van der Waals surface area (Å²) in [7, 11) is 0. The van der Waals surface area contributed by atoms with Crippen molar-refractivity contribution in [3.05, 3.63) is 59.5 Å². The first kappa shape index (κ1) is 18.8. The zero-order chi connectivity index (χ0) is 18.5. The highest BCUT2D eigenvalue weighted by Gasteiger charge is 2.33. The van der Waals surface area contributed by atoms with Gasteiger partial charge in [0.15, 0.2) is 5.75 Å². The molecule has 1 aromatic rings. The molecule has 1 aromatic carbocycles. The van der Waals surface area contributed by atoms with Crippen LogP contribution in [0.4, 0.5) is 5.69 Å². The van der Waals surface area contributed by atoms with E-state index in [9.17, 15) is 0 Å². The van der Waals surface area contributed by atoms with Crippen LogP contribution < -0.4 is 15.0 Å². The number of nitrogens with one attached hydrogen (secondary N) is 1. The summed E-state index contributed by atoms with van der Waals surface area (Å²) in [4.78, 5) is 2.53. The van der Waals surface area contributed by atoms with Crippen molar-refractivity contribution >= 4 is 5.69 Å². The minimum absolute atomic E-state index is 0.478. The molecule has 2 heterocycles. The second-order valence-corrected chi connectivity index (χ2v) is 7.26. The summed E-state index contributed by atoms with van der Waals surface area (Å²) >= 11 is 0. The van der Waals surface area contributed by atoms with Crippen LogP contribution >= 0.6 is 0 Å². The van der Waals surface area contributed by atoms with Crippen LogP contribution in [0.5, 0.6) is 5.75 Å². The van der Waals surface area contributed by atoms with E-state index in [1.807, 2.05) is 0 Å². The van der Waals surface area contributed by atoms with Gasteiger partial charge in [0.05, 0.1) is 11.4 Å². The van der Waals surface area contributed by atoms with Crippen molar-refractivity contribution in [2.75, 3.05) is 11.4 Å². The Morgan fingerprint density at radius 1 is 1.31 bits per heavy atom. The number of anilines is 1. The predicted molar refractivity (Wildman–Crippen MR) is 111 cm³/mol. The molecular weight excluding hydrogens is 320 g/mol. The molecule has 1 fully saturated rings. The van der Waals surface area contributed by atoms with Crippen molar-refractivity contribution in [3.63, 3.8) is 0 Å². The van der Waals surface area contributed by atoms with E-state index in [0.29, 0.717) is 12.1 Å². The van der Waals surface area contributed by atoms with Gasteiger partial charge in [-0.15, -0.1) is 0 Å². The van der Waals surface area contributed by atoms with Gasteiger partial charge in [0.2, 0.25) is 0 Å². The number of hydrogen-bond acceptors (Lipinski definition) is 3. The lowest BCUT2D eigenvalue weighted by atomic mass is 9.98. The van der Waals surface area contributed by atoms with Crippen LogP contribution in [-0.2, 0) is 0 Å². The Balaban J connectivity index is 2.09. The van der Waals surface area contributed by atoms with Gasteiger partial charge in [-0.2, -0.15) is 0 Å². The normalized spacial score (nSPS) is 26.8. The fraction of sp³-hybridized carbons (Fsp3) is 0.478. The van der Waals surface area contributed by atoms with Crippen molar-refractivity contribution < 1.29 is 4.74 Å². The fourth-order valence-electron chi connectivity index (χ4n) is 3.99. The maximum atomic E-state index is 6.28. The van der Waals surface area contributed by atoms with Crippen LogP contribution in [0.15, 0.2) is 54.0 Å². The van der Waals surface area contributed by atoms with Crippen molar-refractivity contribution in [2.24, 2.45) is 0 Å². The average Bonchev–Trinajstić information content (AvgIpc) is 2.90. The van der Waals surface area contributed by atoms with Crippen LogP contribution in [0.2, 0.25) is 0 Å². The third-order valence-corrected chi connectivity index (χ3v) is 5.38. The maximum absolute atomic E-state index is 6.28. The lowest BCUT2D eigenvalue weighted by Crippen LogP contribution is -2.41. The lowest BCUT2D eigenvalue weighted by Gasteiger charge is -2.41. The molecule has 0 bridgehead atoms. The topological polar surface area (TPSA) is 24.5 Å². The van der Waals surface area contributed by atoms with Crippen LogP contribution in [-0.4, -0.2) is 18.6 Å². The highest BCUT2D eigenvalue weighted by Crippen LogP contribution is 2.43. The van der Waals surface area contributed by atoms with Gasteiger partial charge in [-0.1, -0.05) is 25.1 Å². The first-order valence-corrected chi connectivity index (χ1v) is 9.98. The predicted octanol–water partition coefficient (Wildman–Crippen LogP) is 5.48. The second kappa shape index (κ2) is 8.59. The standard InChI is InChI=1S/C23H32N2O/c1-5-8-11-20-22(7-3)26-23-15-17(4)12-13-21(23)25(20)19-10-9-14-24-18(6-2)16-19/h5,7-8,11-13,15,18-19,24H,6,9-10,14,16H2,1-4H3/b8-5-,20-11+,22-7+. The molecule has 1 N–H and O–H groups in total. The average molecular weight is 353 g/mol. The molecule has 140 valence electrons. The number of rotatable bonds is 3. The van der Waals surface area contributed by atoms with Gasteiger partial charge in [0, 0.05) is 12.1 Å².